The molecular formula is C12H18N2OSn. The van der Waals surface area contributed by atoms with E-state index in [4.69, 9.17) is 4.84 Å². The van der Waals surface area contributed by atoms with E-state index in [0.29, 0.717) is 0 Å². The molecule has 0 spiro atoms. The van der Waals surface area contributed by atoms with Crippen molar-refractivity contribution in [2.45, 2.75) is 34.3 Å². The second kappa shape index (κ2) is 4.35. The van der Waals surface area contributed by atoms with Crippen LogP contribution < -0.4 is 3.58 Å². The van der Waals surface area contributed by atoms with Gasteiger partial charge in [-0.05, 0) is 0 Å². The molecule has 16 heavy (non-hydrogen) atoms. The van der Waals surface area contributed by atoms with E-state index >= 15 is 0 Å². The Morgan fingerprint density at radius 1 is 1.31 bits per heavy atom. The van der Waals surface area contributed by atoms with Crippen molar-refractivity contribution in [3.8, 4) is 0 Å². The molecule has 0 amide bonds. The van der Waals surface area contributed by atoms with Crippen LogP contribution in [0.4, 0.5) is 0 Å². The Hall–Kier alpha value is -0.581. The van der Waals surface area contributed by atoms with Gasteiger partial charge in [-0.15, -0.1) is 0 Å². The zero-order valence-corrected chi connectivity index (χ0v) is 13.2. The van der Waals surface area contributed by atoms with Crippen LogP contribution in [0.15, 0.2) is 23.5 Å². The summed E-state index contributed by atoms with van der Waals surface area (Å²) in [6, 6.07) is 4.29. The fraction of sp³-hybridized carbons (Fsp3) is 0.500. The number of pyridine rings is 1. The van der Waals surface area contributed by atoms with E-state index in [-0.39, 0.29) is 6.10 Å². The van der Waals surface area contributed by atoms with Crippen LogP contribution in [0.5, 0.6) is 0 Å². The number of hydrogen-bond acceptors (Lipinski definition) is 3. The minimum atomic E-state index is -1.95. The molecule has 0 N–H and O–H groups in total. The van der Waals surface area contributed by atoms with E-state index in [1.807, 2.05) is 13.1 Å². The summed E-state index contributed by atoms with van der Waals surface area (Å²) in [5, 5.41) is 4.05. The molecule has 2 heterocycles. The topological polar surface area (TPSA) is 34.5 Å². The minimum absolute atomic E-state index is 0.193. The van der Waals surface area contributed by atoms with Gasteiger partial charge in [-0.1, -0.05) is 0 Å². The van der Waals surface area contributed by atoms with Crippen molar-refractivity contribution < 1.29 is 4.84 Å². The zero-order chi connectivity index (χ0) is 11.8. The molecule has 0 radical (unpaired) electrons. The Bertz CT molecular complexity index is 406. The van der Waals surface area contributed by atoms with Gasteiger partial charge in [0, 0.05) is 0 Å². The van der Waals surface area contributed by atoms with Gasteiger partial charge in [-0.2, -0.15) is 0 Å². The molecule has 1 aliphatic heterocycles. The van der Waals surface area contributed by atoms with Gasteiger partial charge in [0.15, 0.2) is 0 Å². The molecule has 1 unspecified atom stereocenters. The van der Waals surface area contributed by atoms with Crippen LogP contribution in [0.2, 0.25) is 14.8 Å². The average molecular weight is 325 g/mol. The maximum atomic E-state index is 5.18. The predicted octanol–water partition coefficient (Wildman–Crippen LogP) is 2.14. The van der Waals surface area contributed by atoms with Crippen molar-refractivity contribution in [1.29, 1.82) is 0 Å². The van der Waals surface area contributed by atoms with Crippen LogP contribution >= 0.6 is 0 Å². The van der Waals surface area contributed by atoms with E-state index in [2.05, 4.69) is 37.1 Å². The molecule has 0 saturated carbocycles. The van der Waals surface area contributed by atoms with Gasteiger partial charge in [-0.25, -0.2) is 0 Å². The Morgan fingerprint density at radius 2 is 2.06 bits per heavy atom. The standard InChI is InChI=1S/C9H9N2O.3CH3.Sn/c1-7-6-9(11-12-7)8-4-2-3-5-10-8;;;;/h2,4-5,7H,6H2,1H3;3*1H3;. The van der Waals surface area contributed by atoms with Gasteiger partial charge < -0.3 is 0 Å². The first-order valence-electron chi connectivity index (χ1n) is 5.66. The Labute approximate surface area is 101 Å². The molecule has 0 saturated heterocycles. The summed E-state index contributed by atoms with van der Waals surface area (Å²) in [6.45, 7) is 2.02. The molecule has 4 heteroatoms. The van der Waals surface area contributed by atoms with Crippen molar-refractivity contribution in [1.82, 2.24) is 4.98 Å². The number of oxime groups is 1. The van der Waals surface area contributed by atoms with E-state index in [1.165, 1.54) is 3.58 Å². The van der Waals surface area contributed by atoms with Gasteiger partial charge in [0.05, 0.1) is 0 Å². The van der Waals surface area contributed by atoms with Crippen LogP contribution in [0.1, 0.15) is 19.0 Å². The summed E-state index contributed by atoms with van der Waals surface area (Å²) >= 11 is -1.95. The normalized spacial score (nSPS) is 20.5. The summed E-state index contributed by atoms with van der Waals surface area (Å²) in [5.41, 5.74) is 1.94. The van der Waals surface area contributed by atoms with Gasteiger partial charge in [-0.3, -0.25) is 0 Å². The Morgan fingerprint density at radius 3 is 2.50 bits per heavy atom. The molecule has 1 aliphatic rings. The molecule has 0 aromatic carbocycles. The second-order valence-electron chi connectivity index (χ2n) is 5.34. The van der Waals surface area contributed by atoms with Crippen LogP contribution in [0.3, 0.4) is 0 Å². The predicted molar refractivity (Wildman–Crippen MR) is 68.9 cm³/mol. The summed E-state index contributed by atoms with van der Waals surface area (Å²) < 4.78 is 1.45. The summed E-state index contributed by atoms with van der Waals surface area (Å²) in [6.07, 6.45) is 3.08. The first-order valence-corrected chi connectivity index (χ1v) is 15.7. The van der Waals surface area contributed by atoms with E-state index in [9.17, 15) is 0 Å². The summed E-state index contributed by atoms with van der Waals surface area (Å²) in [7, 11) is 0. The third-order valence-electron chi connectivity index (χ3n) is 2.75. The van der Waals surface area contributed by atoms with Gasteiger partial charge >= 0.3 is 101 Å². The molecule has 1 atom stereocenters. The first kappa shape index (κ1) is 11.9. The Balaban J connectivity index is 2.20. The van der Waals surface area contributed by atoms with Crippen molar-refractivity contribution in [2.75, 3.05) is 0 Å². The van der Waals surface area contributed by atoms with Gasteiger partial charge in [0.1, 0.15) is 0 Å². The van der Waals surface area contributed by atoms with Crippen molar-refractivity contribution >= 4 is 27.7 Å². The number of aromatic nitrogens is 1. The van der Waals surface area contributed by atoms with Crippen molar-refractivity contribution in [3.05, 3.63) is 24.0 Å². The maximum absolute atomic E-state index is 5.18. The molecule has 0 fully saturated rings. The molecule has 2 rings (SSSR count). The number of nitrogens with zero attached hydrogens (tertiary/aromatic N) is 2. The Kier molecular flexibility index (Phi) is 3.24. The fourth-order valence-corrected chi connectivity index (χ4v) is 4.61. The summed E-state index contributed by atoms with van der Waals surface area (Å²) in [4.78, 5) is 16.9. The molecular weight excluding hydrogens is 307 g/mol. The van der Waals surface area contributed by atoms with E-state index < -0.39 is 18.4 Å². The van der Waals surface area contributed by atoms with Crippen LogP contribution in [0.25, 0.3) is 0 Å². The van der Waals surface area contributed by atoms with Gasteiger partial charge in [0.25, 0.3) is 0 Å². The third-order valence-corrected chi connectivity index (χ3v) is 8.54. The molecule has 86 valence electrons. The quantitative estimate of drug-likeness (QED) is 0.781. The van der Waals surface area contributed by atoms with Crippen molar-refractivity contribution in [2.24, 2.45) is 5.16 Å². The number of rotatable bonds is 2. The molecule has 1 aromatic rings. The molecule has 0 aliphatic carbocycles. The molecule has 0 bridgehead atoms. The fourth-order valence-electron chi connectivity index (χ4n) is 1.66. The SMILES string of the molecule is CC1CC(c2cc[c]([Sn]([CH3])([CH3])[CH3])cn2)=NO1. The molecule has 1 aromatic heterocycles. The van der Waals surface area contributed by atoms with Crippen LogP contribution in [-0.4, -0.2) is 35.2 Å². The number of hydrogen-bond donors (Lipinski definition) is 0. The molecule has 3 nitrogen and oxygen atoms in total. The van der Waals surface area contributed by atoms with Crippen LogP contribution in [-0.2, 0) is 4.84 Å². The summed E-state index contributed by atoms with van der Waals surface area (Å²) in [5.74, 6) is 0. The monoisotopic (exact) mass is 326 g/mol. The average Bonchev–Trinajstić information content (AvgIpc) is 2.64. The van der Waals surface area contributed by atoms with Crippen molar-refractivity contribution in [3.63, 3.8) is 0 Å². The first-order chi connectivity index (χ1) is 7.47. The van der Waals surface area contributed by atoms with Gasteiger partial charge in [0.2, 0.25) is 0 Å². The second-order valence-corrected chi connectivity index (χ2v) is 19.8. The van der Waals surface area contributed by atoms with E-state index in [1.54, 1.807) is 0 Å². The van der Waals surface area contributed by atoms with Crippen LogP contribution in [0, 0.1) is 0 Å². The third kappa shape index (κ3) is 2.56. The van der Waals surface area contributed by atoms with E-state index in [0.717, 1.165) is 17.8 Å². The zero-order valence-electron chi connectivity index (χ0n) is 10.3.